The minimum absolute atomic E-state index is 0.499. The van der Waals surface area contributed by atoms with Crippen molar-refractivity contribution >= 4 is 23.3 Å². The lowest BCUT2D eigenvalue weighted by atomic mass is 9.99. The molecule has 21 heavy (non-hydrogen) atoms. The van der Waals surface area contributed by atoms with Crippen LogP contribution in [-0.2, 0) is 0 Å². The van der Waals surface area contributed by atoms with E-state index in [1.165, 1.54) is 44.3 Å². The highest BCUT2D eigenvalue weighted by Crippen LogP contribution is 2.37. The number of rotatable bonds is 2. The van der Waals surface area contributed by atoms with Crippen LogP contribution >= 0.6 is 12.2 Å². The van der Waals surface area contributed by atoms with Gasteiger partial charge in [-0.25, -0.2) is 0 Å². The van der Waals surface area contributed by atoms with Crippen molar-refractivity contribution in [1.29, 1.82) is 0 Å². The average Bonchev–Trinajstić information content (AvgIpc) is 3.06. The number of fused-ring (bicyclic) bond motifs is 2. The summed E-state index contributed by atoms with van der Waals surface area (Å²) in [4.78, 5) is 6.00. The van der Waals surface area contributed by atoms with Crippen LogP contribution in [0.3, 0.4) is 0 Å². The molecular weight excluding hydrogens is 282 g/mol. The van der Waals surface area contributed by atoms with Gasteiger partial charge in [0.1, 0.15) is 5.75 Å². The molecule has 2 aliphatic rings. The molecule has 0 amide bonds. The number of aromatic amines is 1. The highest BCUT2D eigenvalue weighted by atomic mass is 32.1. The normalized spacial score (nSPS) is 26.1. The van der Waals surface area contributed by atoms with E-state index in [0.717, 1.165) is 16.0 Å². The van der Waals surface area contributed by atoms with Crippen LogP contribution in [0.15, 0.2) is 18.2 Å². The monoisotopic (exact) mass is 303 g/mol. The summed E-state index contributed by atoms with van der Waals surface area (Å²) in [6.45, 7) is 2.45. The third-order valence-corrected chi connectivity index (χ3v) is 5.38. The minimum Gasteiger partial charge on any atom is -0.497 e. The first-order valence-corrected chi connectivity index (χ1v) is 8.21. The minimum atomic E-state index is 0.499. The smallest absolute Gasteiger partial charge is 0.178 e. The molecule has 1 aromatic carbocycles. The van der Waals surface area contributed by atoms with Crippen LogP contribution in [0.1, 0.15) is 31.7 Å². The molecule has 3 heterocycles. The van der Waals surface area contributed by atoms with E-state index in [1.54, 1.807) is 7.11 Å². The predicted molar refractivity (Wildman–Crippen MR) is 86.5 cm³/mol. The van der Waals surface area contributed by atoms with Gasteiger partial charge in [0.05, 0.1) is 24.2 Å². The molecule has 2 unspecified atom stereocenters. The van der Waals surface area contributed by atoms with Crippen molar-refractivity contribution in [3.8, 4) is 5.75 Å². The van der Waals surface area contributed by atoms with E-state index in [2.05, 4.69) is 26.6 Å². The number of benzene rings is 1. The molecule has 2 aliphatic heterocycles. The lowest BCUT2D eigenvalue weighted by Gasteiger charge is -2.33. The standard InChI is InChI=1S/C16H21N3OS/c1-20-11-5-6-12-15(10-11)19(16(21)17-12)14-7-9-18-8-3-2-4-13(14)18/h5-6,10,13-14H,2-4,7-9H2,1H3,(H,17,21). The third-order valence-electron chi connectivity index (χ3n) is 5.08. The van der Waals surface area contributed by atoms with Gasteiger partial charge >= 0.3 is 0 Å². The fraction of sp³-hybridized carbons (Fsp3) is 0.562. The third kappa shape index (κ3) is 2.10. The summed E-state index contributed by atoms with van der Waals surface area (Å²) < 4.78 is 8.56. The van der Waals surface area contributed by atoms with Crippen molar-refractivity contribution in [2.45, 2.75) is 37.8 Å². The van der Waals surface area contributed by atoms with Crippen LogP contribution in [0.25, 0.3) is 11.0 Å². The van der Waals surface area contributed by atoms with Crippen LogP contribution in [-0.4, -0.2) is 40.7 Å². The second-order valence-corrected chi connectivity index (χ2v) is 6.53. The number of hydrogen-bond donors (Lipinski definition) is 1. The van der Waals surface area contributed by atoms with Gasteiger partial charge in [-0.05, 0) is 50.2 Å². The van der Waals surface area contributed by atoms with Crippen LogP contribution in [0.2, 0.25) is 0 Å². The molecule has 2 atom stereocenters. The summed E-state index contributed by atoms with van der Waals surface area (Å²) >= 11 is 5.61. The molecule has 0 aliphatic carbocycles. The zero-order valence-electron chi connectivity index (χ0n) is 12.3. The van der Waals surface area contributed by atoms with Gasteiger partial charge in [0.15, 0.2) is 4.77 Å². The Balaban J connectivity index is 1.82. The summed E-state index contributed by atoms with van der Waals surface area (Å²) in [5.74, 6) is 0.892. The Morgan fingerprint density at radius 1 is 1.19 bits per heavy atom. The summed E-state index contributed by atoms with van der Waals surface area (Å²) in [6.07, 6.45) is 5.18. The van der Waals surface area contributed by atoms with Crippen LogP contribution in [0, 0.1) is 4.77 Å². The number of piperidine rings is 1. The number of H-pyrrole nitrogens is 1. The molecule has 0 spiro atoms. The van der Waals surface area contributed by atoms with E-state index in [0.29, 0.717) is 12.1 Å². The van der Waals surface area contributed by atoms with Gasteiger partial charge in [0.2, 0.25) is 0 Å². The van der Waals surface area contributed by atoms with E-state index in [9.17, 15) is 0 Å². The highest BCUT2D eigenvalue weighted by molar-refractivity contribution is 7.71. The summed E-state index contributed by atoms with van der Waals surface area (Å²) in [6, 6.07) is 7.30. The molecule has 5 heteroatoms. The predicted octanol–water partition coefficient (Wildman–Crippen LogP) is 3.51. The number of methoxy groups -OCH3 is 1. The SMILES string of the molecule is COc1ccc2[nH]c(=S)n(C3CCN4CCCCC34)c2c1. The van der Waals surface area contributed by atoms with Gasteiger partial charge in [0.25, 0.3) is 0 Å². The molecule has 1 aromatic heterocycles. The Bertz CT molecular complexity index is 720. The van der Waals surface area contributed by atoms with Crippen molar-refractivity contribution in [3.05, 3.63) is 23.0 Å². The van der Waals surface area contributed by atoms with Crippen LogP contribution in [0.5, 0.6) is 5.75 Å². The van der Waals surface area contributed by atoms with E-state index in [4.69, 9.17) is 17.0 Å². The van der Waals surface area contributed by atoms with Gasteiger partial charge < -0.3 is 14.3 Å². The number of ether oxygens (including phenoxy) is 1. The van der Waals surface area contributed by atoms with Crippen LogP contribution in [0.4, 0.5) is 0 Å². The van der Waals surface area contributed by atoms with Gasteiger partial charge in [-0.3, -0.25) is 4.90 Å². The molecular formula is C16H21N3OS. The summed E-state index contributed by atoms with van der Waals surface area (Å²) in [5, 5.41) is 0. The fourth-order valence-corrected chi connectivity index (χ4v) is 4.42. The number of imidazole rings is 1. The molecule has 112 valence electrons. The molecule has 2 fully saturated rings. The lowest BCUT2D eigenvalue weighted by molar-refractivity contribution is 0.174. The number of hydrogen-bond acceptors (Lipinski definition) is 3. The maximum absolute atomic E-state index is 5.61. The van der Waals surface area contributed by atoms with Gasteiger partial charge in [-0.15, -0.1) is 0 Å². The maximum atomic E-state index is 5.61. The molecule has 0 bridgehead atoms. The van der Waals surface area contributed by atoms with Crippen molar-refractivity contribution in [2.75, 3.05) is 20.2 Å². The van der Waals surface area contributed by atoms with Gasteiger partial charge in [-0.2, -0.15) is 0 Å². The Kier molecular flexibility index (Phi) is 3.27. The van der Waals surface area contributed by atoms with Crippen LogP contribution < -0.4 is 4.74 Å². The first kappa shape index (κ1) is 13.3. The molecule has 0 radical (unpaired) electrons. The highest BCUT2D eigenvalue weighted by Gasteiger charge is 2.37. The molecule has 1 N–H and O–H groups in total. The summed E-state index contributed by atoms with van der Waals surface area (Å²) in [7, 11) is 1.71. The van der Waals surface area contributed by atoms with E-state index in [-0.39, 0.29) is 0 Å². The second-order valence-electron chi connectivity index (χ2n) is 6.14. The average molecular weight is 303 g/mol. The quantitative estimate of drug-likeness (QED) is 0.862. The fourth-order valence-electron chi connectivity index (χ4n) is 4.08. The zero-order valence-corrected chi connectivity index (χ0v) is 13.2. The number of nitrogens with one attached hydrogen (secondary N) is 1. The molecule has 4 rings (SSSR count). The molecule has 4 nitrogen and oxygen atoms in total. The Labute approximate surface area is 129 Å². The Morgan fingerprint density at radius 2 is 2.10 bits per heavy atom. The largest absolute Gasteiger partial charge is 0.497 e. The molecule has 2 aromatic rings. The van der Waals surface area contributed by atoms with Crippen molar-refractivity contribution < 1.29 is 4.74 Å². The van der Waals surface area contributed by atoms with E-state index >= 15 is 0 Å². The summed E-state index contributed by atoms with van der Waals surface area (Å²) in [5.41, 5.74) is 2.28. The Morgan fingerprint density at radius 3 is 2.95 bits per heavy atom. The van der Waals surface area contributed by atoms with Gasteiger partial charge in [0, 0.05) is 18.7 Å². The molecule has 0 saturated carbocycles. The second kappa shape index (κ2) is 5.14. The first-order valence-electron chi connectivity index (χ1n) is 7.80. The molecule has 2 saturated heterocycles. The van der Waals surface area contributed by atoms with Gasteiger partial charge in [-0.1, -0.05) is 6.42 Å². The lowest BCUT2D eigenvalue weighted by Crippen LogP contribution is -2.37. The van der Waals surface area contributed by atoms with E-state index in [1.807, 2.05) is 6.07 Å². The van der Waals surface area contributed by atoms with Crippen molar-refractivity contribution in [2.24, 2.45) is 0 Å². The van der Waals surface area contributed by atoms with Crippen molar-refractivity contribution in [1.82, 2.24) is 14.5 Å². The van der Waals surface area contributed by atoms with E-state index < -0.39 is 0 Å². The van der Waals surface area contributed by atoms with Crippen molar-refractivity contribution in [3.63, 3.8) is 0 Å². The number of aromatic nitrogens is 2. The number of nitrogens with zero attached hydrogens (tertiary/aromatic N) is 2. The topological polar surface area (TPSA) is 33.2 Å². The Hall–Kier alpha value is -1.33. The zero-order chi connectivity index (χ0) is 14.4. The first-order chi connectivity index (χ1) is 10.3. The maximum Gasteiger partial charge on any atom is 0.178 e.